The van der Waals surface area contributed by atoms with E-state index in [1.807, 2.05) is 31.2 Å². The Hall–Kier alpha value is -1.75. The van der Waals surface area contributed by atoms with E-state index >= 15 is 0 Å². The molecule has 0 amide bonds. The van der Waals surface area contributed by atoms with Crippen LogP contribution in [0.1, 0.15) is 17.8 Å². The first kappa shape index (κ1) is 10.8. The topological polar surface area (TPSA) is 69.6 Å². The summed E-state index contributed by atoms with van der Waals surface area (Å²) >= 11 is 0. The average molecular weight is 217 g/mol. The summed E-state index contributed by atoms with van der Waals surface area (Å²) in [5, 5.41) is 12.3. The summed E-state index contributed by atoms with van der Waals surface area (Å²) in [4.78, 5) is 1.55. The van der Waals surface area contributed by atoms with Gasteiger partial charge < -0.3 is 5.73 Å². The van der Waals surface area contributed by atoms with Crippen molar-refractivity contribution in [2.75, 3.05) is 6.54 Å². The summed E-state index contributed by atoms with van der Waals surface area (Å²) in [6.45, 7) is 2.70. The molecule has 0 bridgehead atoms. The summed E-state index contributed by atoms with van der Waals surface area (Å²) in [6, 6.07) is 8.00. The standard InChI is InChI=1S/C11H15N5/c1-9-4-6-10(7-5-9)16-14-11(13-15-16)3-2-8-12/h4-7H,2-3,8,12H2,1H3. The molecule has 5 nitrogen and oxygen atoms in total. The molecule has 5 heteroatoms. The quantitative estimate of drug-likeness (QED) is 0.824. The van der Waals surface area contributed by atoms with E-state index in [0.717, 1.165) is 24.4 Å². The Morgan fingerprint density at radius 2 is 2.00 bits per heavy atom. The molecule has 84 valence electrons. The number of hydrogen-bond donors (Lipinski definition) is 1. The summed E-state index contributed by atoms with van der Waals surface area (Å²) in [5.74, 6) is 0.742. The minimum Gasteiger partial charge on any atom is -0.330 e. The lowest BCUT2D eigenvalue weighted by Gasteiger charge is -1.97. The highest BCUT2D eigenvalue weighted by Gasteiger charge is 2.03. The third-order valence-corrected chi connectivity index (χ3v) is 2.32. The Labute approximate surface area is 94.3 Å². The van der Waals surface area contributed by atoms with Crippen LogP contribution in [-0.2, 0) is 6.42 Å². The fraction of sp³-hybridized carbons (Fsp3) is 0.364. The van der Waals surface area contributed by atoms with Gasteiger partial charge in [-0.3, -0.25) is 0 Å². The molecule has 1 heterocycles. The van der Waals surface area contributed by atoms with Crippen LogP contribution in [0.4, 0.5) is 0 Å². The molecular formula is C11H15N5. The molecule has 1 aromatic heterocycles. The van der Waals surface area contributed by atoms with Crippen molar-refractivity contribution in [2.45, 2.75) is 19.8 Å². The maximum absolute atomic E-state index is 5.43. The molecule has 2 aromatic rings. The zero-order valence-corrected chi connectivity index (χ0v) is 9.30. The van der Waals surface area contributed by atoms with Crippen LogP contribution < -0.4 is 5.73 Å². The van der Waals surface area contributed by atoms with Crippen LogP contribution in [0.25, 0.3) is 5.69 Å². The van der Waals surface area contributed by atoms with Crippen LogP contribution in [0.15, 0.2) is 24.3 Å². The van der Waals surface area contributed by atoms with Crippen LogP contribution in [-0.4, -0.2) is 26.8 Å². The molecule has 0 fully saturated rings. The van der Waals surface area contributed by atoms with Crippen molar-refractivity contribution in [1.82, 2.24) is 20.2 Å². The van der Waals surface area contributed by atoms with Gasteiger partial charge in [0.05, 0.1) is 5.69 Å². The second-order valence-electron chi connectivity index (χ2n) is 3.72. The minimum atomic E-state index is 0.652. The number of aromatic nitrogens is 4. The minimum absolute atomic E-state index is 0.652. The summed E-state index contributed by atoms with van der Waals surface area (Å²) in [7, 11) is 0. The second-order valence-corrected chi connectivity index (χ2v) is 3.72. The molecule has 16 heavy (non-hydrogen) atoms. The van der Waals surface area contributed by atoms with Gasteiger partial charge in [-0.05, 0) is 37.2 Å². The van der Waals surface area contributed by atoms with Crippen molar-refractivity contribution < 1.29 is 0 Å². The SMILES string of the molecule is Cc1ccc(-n2nnc(CCCN)n2)cc1. The molecule has 0 saturated carbocycles. The zero-order chi connectivity index (χ0) is 11.4. The van der Waals surface area contributed by atoms with Crippen molar-refractivity contribution in [3.05, 3.63) is 35.7 Å². The lowest BCUT2D eigenvalue weighted by atomic mass is 10.2. The average Bonchev–Trinajstić information content (AvgIpc) is 2.76. The van der Waals surface area contributed by atoms with E-state index < -0.39 is 0 Å². The van der Waals surface area contributed by atoms with Crippen LogP contribution >= 0.6 is 0 Å². The van der Waals surface area contributed by atoms with E-state index in [2.05, 4.69) is 15.4 Å². The molecule has 0 saturated heterocycles. The zero-order valence-electron chi connectivity index (χ0n) is 9.30. The Kier molecular flexibility index (Phi) is 3.26. The highest BCUT2D eigenvalue weighted by Crippen LogP contribution is 2.06. The van der Waals surface area contributed by atoms with Gasteiger partial charge in [0.2, 0.25) is 0 Å². The predicted octanol–water partition coefficient (Wildman–Crippen LogP) is 0.862. The van der Waals surface area contributed by atoms with Crippen molar-refractivity contribution >= 4 is 0 Å². The van der Waals surface area contributed by atoms with Gasteiger partial charge in [0.25, 0.3) is 0 Å². The molecule has 0 aliphatic carbocycles. The smallest absolute Gasteiger partial charge is 0.175 e. The number of rotatable bonds is 4. The van der Waals surface area contributed by atoms with Gasteiger partial charge in [0.1, 0.15) is 0 Å². The second kappa shape index (κ2) is 4.85. The van der Waals surface area contributed by atoms with Crippen LogP contribution in [0.5, 0.6) is 0 Å². The molecule has 0 unspecified atom stereocenters. The van der Waals surface area contributed by atoms with Crippen LogP contribution in [0.3, 0.4) is 0 Å². The Morgan fingerprint density at radius 3 is 2.69 bits per heavy atom. The third kappa shape index (κ3) is 2.43. The normalized spacial score (nSPS) is 10.6. The van der Waals surface area contributed by atoms with Gasteiger partial charge in [0.15, 0.2) is 5.82 Å². The van der Waals surface area contributed by atoms with E-state index in [-0.39, 0.29) is 0 Å². The van der Waals surface area contributed by atoms with Crippen LogP contribution in [0, 0.1) is 6.92 Å². The first-order valence-electron chi connectivity index (χ1n) is 5.35. The fourth-order valence-electron chi connectivity index (χ4n) is 1.39. The van der Waals surface area contributed by atoms with Crippen molar-refractivity contribution in [1.29, 1.82) is 0 Å². The fourth-order valence-corrected chi connectivity index (χ4v) is 1.39. The molecule has 0 aliphatic rings. The van der Waals surface area contributed by atoms with E-state index in [4.69, 9.17) is 5.73 Å². The van der Waals surface area contributed by atoms with Gasteiger partial charge in [-0.25, -0.2) is 0 Å². The molecule has 0 aliphatic heterocycles. The van der Waals surface area contributed by atoms with Crippen molar-refractivity contribution in [2.24, 2.45) is 5.73 Å². The maximum Gasteiger partial charge on any atom is 0.175 e. The first-order chi connectivity index (χ1) is 7.79. The Bertz CT molecular complexity index is 446. The number of nitrogens with zero attached hydrogens (tertiary/aromatic N) is 4. The van der Waals surface area contributed by atoms with E-state index in [0.29, 0.717) is 6.54 Å². The van der Waals surface area contributed by atoms with Crippen LogP contribution in [0.2, 0.25) is 0 Å². The van der Waals surface area contributed by atoms with E-state index in [1.165, 1.54) is 5.56 Å². The lowest BCUT2D eigenvalue weighted by Crippen LogP contribution is -2.02. The third-order valence-electron chi connectivity index (χ3n) is 2.32. The molecule has 1 aromatic carbocycles. The number of tetrazole rings is 1. The highest BCUT2D eigenvalue weighted by atomic mass is 15.6. The molecular weight excluding hydrogens is 202 g/mol. The molecule has 0 atom stereocenters. The summed E-state index contributed by atoms with van der Waals surface area (Å²) < 4.78 is 0. The molecule has 0 radical (unpaired) electrons. The molecule has 0 spiro atoms. The predicted molar refractivity (Wildman–Crippen MR) is 61.3 cm³/mol. The van der Waals surface area contributed by atoms with E-state index in [9.17, 15) is 0 Å². The highest BCUT2D eigenvalue weighted by molar-refractivity contribution is 5.31. The number of hydrogen-bond acceptors (Lipinski definition) is 4. The monoisotopic (exact) mass is 217 g/mol. The summed E-state index contributed by atoms with van der Waals surface area (Å²) in [6.07, 6.45) is 1.67. The molecule has 2 rings (SSSR count). The van der Waals surface area contributed by atoms with Crippen molar-refractivity contribution in [3.63, 3.8) is 0 Å². The molecule has 2 N–H and O–H groups in total. The number of benzene rings is 1. The van der Waals surface area contributed by atoms with Gasteiger partial charge in [-0.15, -0.1) is 15.0 Å². The Balaban J connectivity index is 2.15. The van der Waals surface area contributed by atoms with E-state index in [1.54, 1.807) is 4.80 Å². The number of aryl methyl sites for hydroxylation is 2. The van der Waals surface area contributed by atoms with Gasteiger partial charge in [-0.1, -0.05) is 17.7 Å². The van der Waals surface area contributed by atoms with Gasteiger partial charge >= 0.3 is 0 Å². The first-order valence-corrected chi connectivity index (χ1v) is 5.35. The van der Waals surface area contributed by atoms with Gasteiger partial charge in [-0.2, -0.15) is 0 Å². The largest absolute Gasteiger partial charge is 0.330 e. The lowest BCUT2D eigenvalue weighted by molar-refractivity contribution is 0.714. The maximum atomic E-state index is 5.43. The number of nitrogens with two attached hydrogens (primary N) is 1. The Morgan fingerprint density at radius 1 is 1.25 bits per heavy atom. The van der Waals surface area contributed by atoms with Crippen molar-refractivity contribution in [3.8, 4) is 5.69 Å². The van der Waals surface area contributed by atoms with Gasteiger partial charge in [0, 0.05) is 6.42 Å². The summed E-state index contributed by atoms with van der Waals surface area (Å²) in [5.41, 5.74) is 7.57.